The van der Waals surface area contributed by atoms with E-state index in [4.69, 9.17) is 15.0 Å². The van der Waals surface area contributed by atoms with Crippen LogP contribution in [-0.4, -0.2) is 77.5 Å². The molecular formula is C30H41N5O5. The molecule has 2 aliphatic carbocycles. The molecule has 3 N–H and O–H groups in total. The van der Waals surface area contributed by atoms with Crippen molar-refractivity contribution >= 4 is 17.7 Å². The molecule has 3 fully saturated rings. The number of rotatable bonds is 9. The summed E-state index contributed by atoms with van der Waals surface area (Å²) in [5.74, 6) is 1.60. The molecule has 10 nitrogen and oxygen atoms in total. The van der Waals surface area contributed by atoms with Crippen LogP contribution in [0.3, 0.4) is 0 Å². The number of piperidine rings is 1. The molecule has 3 aliphatic rings. The van der Waals surface area contributed by atoms with E-state index in [0.717, 1.165) is 38.5 Å². The second kappa shape index (κ2) is 12.4. The van der Waals surface area contributed by atoms with Gasteiger partial charge in [0.15, 0.2) is 5.69 Å². The number of hydrogen-bond acceptors (Lipinski definition) is 7. The highest BCUT2D eigenvalue weighted by Crippen LogP contribution is 2.35. The normalized spacial score (nSPS) is 24.8. The maximum absolute atomic E-state index is 13.7. The number of aryl methyl sites for hydroxylation is 1. The van der Waals surface area contributed by atoms with Gasteiger partial charge in [-0.15, -0.1) is 0 Å². The second-order valence-corrected chi connectivity index (χ2v) is 11.6. The van der Waals surface area contributed by atoms with Gasteiger partial charge in [-0.2, -0.15) is 0 Å². The third-order valence-corrected chi connectivity index (χ3v) is 8.73. The Balaban J connectivity index is 1.34. The molecular weight excluding hydrogens is 510 g/mol. The standard InChI is InChI=1S/C30H41N5O5/c1-19-14-26(33-40-19)30(38)35(23-10-11-23)24-12-13-34(29(37)22-4-3-5-25(15-22)39-2)27(16-24)28(36)32-18-21-8-6-20(17-31)7-9-21/h3-5,14-15,20-21,23-24,27H,6-13,16-18,31H2,1-2H3,(H,32,36)/t20?,21?,24?,27-/m1/s1. The molecule has 0 bridgehead atoms. The van der Waals surface area contributed by atoms with Crippen molar-refractivity contribution in [1.82, 2.24) is 20.3 Å². The number of carbonyl (C=O) groups is 3. The Morgan fingerprint density at radius 2 is 1.82 bits per heavy atom. The van der Waals surface area contributed by atoms with Gasteiger partial charge >= 0.3 is 0 Å². The van der Waals surface area contributed by atoms with E-state index >= 15 is 0 Å². The summed E-state index contributed by atoms with van der Waals surface area (Å²) in [6.07, 6.45) is 7.07. The van der Waals surface area contributed by atoms with Crippen LogP contribution in [0.15, 0.2) is 34.9 Å². The summed E-state index contributed by atoms with van der Waals surface area (Å²) in [7, 11) is 1.56. The van der Waals surface area contributed by atoms with E-state index in [-0.39, 0.29) is 35.5 Å². The number of hydrogen-bond donors (Lipinski definition) is 2. The van der Waals surface area contributed by atoms with E-state index in [0.29, 0.717) is 61.4 Å². The van der Waals surface area contributed by atoms with E-state index in [2.05, 4.69) is 10.5 Å². The molecule has 10 heteroatoms. The van der Waals surface area contributed by atoms with Gasteiger partial charge in [0.05, 0.1) is 7.11 Å². The van der Waals surface area contributed by atoms with Crippen molar-refractivity contribution < 1.29 is 23.6 Å². The Morgan fingerprint density at radius 1 is 1.07 bits per heavy atom. The number of amides is 3. The molecule has 1 aromatic carbocycles. The third kappa shape index (κ3) is 6.32. The fourth-order valence-corrected chi connectivity index (χ4v) is 6.23. The predicted octanol–water partition coefficient (Wildman–Crippen LogP) is 3.15. The molecule has 216 valence electrons. The number of nitrogens with one attached hydrogen (secondary N) is 1. The lowest BCUT2D eigenvalue weighted by Gasteiger charge is -2.43. The van der Waals surface area contributed by atoms with E-state index < -0.39 is 6.04 Å². The maximum atomic E-state index is 13.7. The van der Waals surface area contributed by atoms with Crippen LogP contribution in [0.1, 0.15) is 78.0 Å². The van der Waals surface area contributed by atoms with Crippen LogP contribution in [0, 0.1) is 18.8 Å². The molecule has 2 atom stereocenters. The average Bonchev–Trinajstić information content (AvgIpc) is 3.73. The van der Waals surface area contributed by atoms with Gasteiger partial charge in [0.2, 0.25) is 5.91 Å². The zero-order valence-corrected chi connectivity index (χ0v) is 23.5. The summed E-state index contributed by atoms with van der Waals surface area (Å²) >= 11 is 0. The lowest BCUT2D eigenvalue weighted by Crippen LogP contribution is -2.58. The van der Waals surface area contributed by atoms with Crippen LogP contribution < -0.4 is 15.8 Å². The van der Waals surface area contributed by atoms with Crippen molar-refractivity contribution in [2.75, 3.05) is 26.7 Å². The number of ether oxygens (including phenoxy) is 1. The molecule has 1 aliphatic heterocycles. The van der Waals surface area contributed by atoms with E-state index in [9.17, 15) is 14.4 Å². The number of benzene rings is 1. The first-order chi connectivity index (χ1) is 19.4. The van der Waals surface area contributed by atoms with E-state index in [1.54, 1.807) is 49.3 Å². The number of aromatic nitrogens is 1. The van der Waals surface area contributed by atoms with Gasteiger partial charge in [-0.1, -0.05) is 11.2 Å². The quantitative estimate of drug-likeness (QED) is 0.489. The van der Waals surface area contributed by atoms with E-state index in [1.807, 2.05) is 4.90 Å². The Bertz CT molecular complexity index is 1200. The summed E-state index contributed by atoms with van der Waals surface area (Å²) in [6, 6.07) is 7.92. The Hall–Kier alpha value is -3.40. The van der Waals surface area contributed by atoms with Crippen LogP contribution >= 0.6 is 0 Å². The molecule has 1 unspecified atom stereocenters. The zero-order chi connectivity index (χ0) is 28.2. The Morgan fingerprint density at radius 3 is 2.48 bits per heavy atom. The lowest BCUT2D eigenvalue weighted by atomic mass is 9.82. The summed E-state index contributed by atoms with van der Waals surface area (Å²) in [4.78, 5) is 44.5. The number of likely N-dealkylation sites (tertiary alicyclic amines) is 1. The van der Waals surface area contributed by atoms with Crippen molar-refractivity contribution in [3.05, 3.63) is 47.3 Å². The molecule has 5 rings (SSSR count). The maximum Gasteiger partial charge on any atom is 0.276 e. The summed E-state index contributed by atoms with van der Waals surface area (Å²) in [5, 5.41) is 7.12. The van der Waals surface area contributed by atoms with Gasteiger partial charge in [-0.3, -0.25) is 14.4 Å². The van der Waals surface area contributed by atoms with Crippen molar-refractivity contribution in [1.29, 1.82) is 0 Å². The fourth-order valence-electron chi connectivity index (χ4n) is 6.23. The molecule has 0 spiro atoms. The largest absolute Gasteiger partial charge is 0.497 e. The van der Waals surface area contributed by atoms with Crippen molar-refractivity contribution in [3.63, 3.8) is 0 Å². The molecule has 1 saturated heterocycles. The van der Waals surface area contributed by atoms with Gasteiger partial charge in [0.25, 0.3) is 11.8 Å². The third-order valence-electron chi connectivity index (χ3n) is 8.73. The molecule has 2 heterocycles. The molecule has 2 aromatic rings. The molecule has 3 amide bonds. The van der Waals surface area contributed by atoms with Crippen molar-refractivity contribution in [2.24, 2.45) is 17.6 Å². The average molecular weight is 552 g/mol. The molecule has 1 aromatic heterocycles. The summed E-state index contributed by atoms with van der Waals surface area (Å²) in [5.41, 5.74) is 6.61. The highest BCUT2D eigenvalue weighted by molar-refractivity contribution is 5.98. The Labute approximate surface area is 235 Å². The smallest absolute Gasteiger partial charge is 0.276 e. The number of nitrogens with two attached hydrogens (primary N) is 1. The van der Waals surface area contributed by atoms with Gasteiger partial charge in [0, 0.05) is 36.8 Å². The number of carbonyl (C=O) groups excluding carboxylic acids is 3. The first-order valence-corrected chi connectivity index (χ1v) is 14.6. The topological polar surface area (TPSA) is 131 Å². The number of methoxy groups -OCH3 is 1. The molecule has 0 radical (unpaired) electrons. The fraction of sp³-hybridized carbons (Fsp3) is 0.600. The van der Waals surface area contributed by atoms with Crippen LogP contribution in [0.25, 0.3) is 0 Å². The minimum Gasteiger partial charge on any atom is -0.497 e. The monoisotopic (exact) mass is 551 g/mol. The van der Waals surface area contributed by atoms with Crippen molar-refractivity contribution in [3.8, 4) is 5.75 Å². The minimum atomic E-state index is -0.689. The van der Waals surface area contributed by atoms with Crippen LogP contribution in [0.2, 0.25) is 0 Å². The highest BCUT2D eigenvalue weighted by atomic mass is 16.5. The SMILES string of the molecule is COc1cccc(C(=O)N2CCC(N(C(=O)c3cc(C)on3)C3CC3)C[C@@H]2C(=O)NCC2CCC(CN)CC2)c1. The highest BCUT2D eigenvalue weighted by Gasteiger charge is 2.44. The second-order valence-electron chi connectivity index (χ2n) is 11.6. The Kier molecular flexibility index (Phi) is 8.73. The first kappa shape index (κ1) is 28.1. The zero-order valence-electron chi connectivity index (χ0n) is 23.5. The van der Waals surface area contributed by atoms with Gasteiger partial charge in [-0.25, -0.2) is 0 Å². The summed E-state index contributed by atoms with van der Waals surface area (Å²) < 4.78 is 10.5. The minimum absolute atomic E-state index is 0.122. The van der Waals surface area contributed by atoms with Crippen LogP contribution in [-0.2, 0) is 4.79 Å². The van der Waals surface area contributed by atoms with Crippen LogP contribution in [0.4, 0.5) is 0 Å². The van der Waals surface area contributed by atoms with Gasteiger partial charge in [0.1, 0.15) is 17.6 Å². The van der Waals surface area contributed by atoms with Crippen LogP contribution in [0.5, 0.6) is 5.75 Å². The van der Waals surface area contributed by atoms with Gasteiger partial charge < -0.3 is 30.1 Å². The van der Waals surface area contributed by atoms with Crippen molar-refractivity contribution in [2.45, 2.75) is 76.4 Å². The molecule has 2 saturated carbocycles. The van der Waals surface area contributed by atoms with Gasteiger partial charge in [-0.05, 0) is 94.9 Å². The number of nitrogens with zero attached hydrogens (tertiary/aromatic N) is 3. The first-order valence-electron chi connectivity index (χ1n) is 14.6. The van der Waals surface area contributed by atoms with E-state index in [1.165, 1.54) is 0 Å². The molecule has 40 heavy (non-hydrogen) atoms. The summed E-state index contributed by atoms with van der Waals surface area (Å²) in [6.45, 7) is 3.43. The lowest BCUT2D eigenvalue weighted by molar-refractivity contribution is -0.127. The predicted molar refractivity (Wildman–Crippen MR) is 149 cm³/mol.